The second kappa shape index (κ2) is 6.51. The Kier molecular flexibility index (Phi) is 4.48. The van der Waals surface area contributed by atoms with Crippen molar-refractivity contribution in [2.45, 2.75) is 18.1 Å². The highest BCUT2D eigenvalue weighted by Crippen LogP contribution is 2.46. The van der Waals surface area contributed by atoms with Gasteiger partial charge in [-0.1, -0.05) is 76.2 Å². The van der Waals surface area contributed by atoms with E-state index >= 15 is 0 Å². The molecule has 1 saturated heterocycles. The van der Waals surface area contributed by atoms with E-state index in [4.69, 9.17) is 0 Å². The fourth-order valence-electron chi connectivity index (χ4n) is 2.44. The third-order valence-corrected chi connectivity index (χ3v) is 6.38. The maximum Gasteiger partial charge on any atom is 0.193 e. The molecule has 102 valence electrons. The van der Waals surface area contributed by atoms with E-state index < -0.39 is 0 Å². The first-order chi connectivity index (χ1) is 9.86. The Balaban J connectivity index is 1.95. The van der Waals surface area contributed by atoms with Gasteiger partial charge in [-0.3, -0.25) is 4.79 Å². The van der Waals surface area contributed by atoms with Gasteiger partial charge in [-0.2, -0.15) is 0 Å². The number of carbonyl (C=O) groups is 1. The van der Waals surface area contributed by atoms with Crippen LogP contribution in [0.25, 0.3) is 0 Å². The van der Waals surface area contributed by atoms with Gasteiger partial charge in [-0.05, 0) is 18.4 Å². The summed E-state index contributed by atoms with van der Waals surface area (Å²) in [6.07, 6.45) is 2.40. The molecule has 3 rings (SSSR count). The van der Waals surface area contributed by atoms with Crippen molar-refractivity contribution in [1.82, 2.24) is 0 Å². The molecule has 1 unspecified atom stereocenters. The highest BCUT2D eigenvalue weighted by Gasteiger charge is 2.22. The Labute approximate surface area is 127 Å². The molecule has 2 aromatic rings. The lowest BCUT2D eigenvalue weighted by Crippen LogP contribution is -2.09. The minimum atomic E-state index is 0.136. The third kappa shape index (κ3) is 2.94. The summed E-state index contributed by atoms with van der Waals surface area (Å²) in [5.41, 5.74) is 2.82. The standard InChI is InChI=1S/C17H16OS2/c18-17(13-7-2-1-3-8-13)15-10-5-4-9-14(15)16-11-6-12-19-20-16/h1-5,7-10,16H,6,11-12H2. The molecule has 0 N–H and O–H groups in total. The summed E-state index contributed by atoms with van der Waals surface area (Å²) < 4.78 is 0. The largest absolute Gasteiger partial charge is 0.289 e. The molecule has 0 saturated carbocycles. The molecule has 1 nitrogen and oxygen atoms in total. The molecule has 2 aromatic carbocycles. The number of ketones is 1. The number of rotatable bonds is 3. The van der Waals surface area contributed by atoms with Gasteiger partial charge in [0.25, 0.3) is 0 Å². The van der Waals surface area contributed by atoms with Crippen LogP contribution in [0.5, 0.6) is 0 Å². The molecule has 0 aliphatic carbocycles. The van der Waals surface area contributed by atoms with Crippen LogP contribution >= 0.6 is 21.6 Å². The van der Waals surface area contributed by atoms with Crippen LogP contribution in [0.1, 0.15) is 39.6 Å². The van der Waals surface area contributed by atoms with Gasteiger partial charge >= 0.3 is 0 Å². The van der Waals surface area contributed by atoms with Crippen molar-refractivity contribution in [3.63, 3.8) is 0 Å². The van der Waals surface area contributed by atoms with Crippen molar-refractivity contribution in [3.8, 4) is 0 Å². The molecule has 0 aromatic heterocycles. The van der Waals surface area contributed by atoms with Crippen LogP contribution in [-0.4, -0.2) is 11.5 Å². The normalized spacial score (nSPS) is 18.7. The summed E-state index contributed by atoms with van der Waals surface area (Å²) in [5.74, 6) is 1.35. The third-order valence-electron chi connectivity index (χ3n) is 3.47. The number of carbonyl (C=O) groups excluding carboxylic acids is 1. The molecule has 1 aliphatic rings. The number of hydrogen-bond acceptors (Lipinski definition) is 3. The van der Waals surface area contributed by atoms with Crippen LogP contribution in [0, 0.1) is 0 Å². The fraction of sp³-hybridized carbons (Fsp3) is 0.235. The summed E-state index contributed by atoms with van der Waals surface area (Å²) in [5, 5.41) is 0.442. The minimum Gasteiger partial charge on any atom is -0.289 e. The summed E-state index contributed by atoms with van der Waals surface area (Å²) in [6.45, 7) is 0. The van der Waals surface area contributed by atoms with E-state index in [0.717, 1.165) is 17.5 Å². The molecular formula is C17H16OS2. The Morgan fingerprint density at radius 3 is 2.50 bits per heavy atom. The summed E-state index contributed by atoms with van der Waals surface area (Å²) in [4.78, 5) is 12.7. The van der Waals surface area contributed by atoms with Crippen LogP contribution < -0.4 is 0 Å². The predicted octanol–water partition coefficient (Wildman–Crippen LogP) is 5.13. The SMILES string of the molecule is O=C(c1ccccc1)c1ccccc1C1CCCSS1. The second-order valence-corrected chi connectivity index (χ2v) is 7.52. The first kappa shape index (κ1) is 13.8. The molecule has 3 heteroatoms. The van der Waals surface area contributed by atoms with Crippen molar-refractivity contribution >= 4 is 27.4 Å². The van der Waals surface area contributed by atoms with Crippen molar-refractivity contribution in [3.05, 3.63) is 71.3 Å². The summed E-state index contributed by atoms with van der Waals surface area (Å²) in [7, 11) is 3.83. The molecule has 0 amide bonds. The van der Waals surface area contributed by atoms with Gasteiger partial charge in [0, 0.05) is 22.1 Å². The fourth-order valence-corrected chi connectivity index (χ4v) is 5.29. The van der Waals surface area contributed by atoms with Crippen molar-refractivity contribution in [2.24, 2.45) is 0 Å². The second-order valence-electron chi connectivity index (χ2n) is 4.83. The Morgan fingerprint density at radius 1 is 1.00 bits per heavy atom. The maximum atomic E-state index is 12.7. The Morgan fingerprint density at radius 2 is 1.75 bits per heavy atom. The van der Waals surface area contributed by atoms with E-state index in [1.54, 1.807) is 0 Å². The average molecular weight is 300 g/mol. The van der Waals surface area contributed by atoms with E-state index in [0.29, 0.717) is 5.25 Å². The van der Waals surface area contributed by atoms with Gasteiger partial charge in [0.1, 0.15) is 0 Å². The predicted molar refractivity (Wildman–Crippen MR) is 88.3 cm³/mol. The zero-order valence-electron chi connectivity index (χ0n) is 11.1. The number of benzene rings is 2. The highest BCUT2D eigenvalue weighted by molar-refractivity contribution is 8.76. The summed E-state index contributed by atoms with van der Waals surface area (Å²) >= 11 is 0. The first-order valence-corrected chi connectivity index (χ1v) is 9.21. The van der Waals surface area contributed by atoms with Crippen LogP contribution in [0.15, 0.2) is 54.6 Å². The van der Waals surface area contributed by atoms with Crippen LogP contribution in [0.3, 0.4) is 0 Å². The molecule has 0 bridgehead atoms. The Bertz CT molecular complexity index is 589. The lowest BCUT2D eigenvalue weighted by Gasteiger charge is -2.22. The van der Waals surface area contributed by atoms with Gasteiger partial charge in [-0.25, -0.2) is 0 Å². The monoisotopic (exact) mass is 300 g/mol. The zero-order valence-corrected chi connectivity index (χ0v) is 12.8. The minimum absolute atomic E-state index is 0.136. The molecule has 20 heavy (non-hydrogen) atoms. The van der Waals surface area contributed by atoms with E-state index in [-0.39, 0.29) is 5.78 Å². The van der Waals surface area contributed by atoms with Crippen LogP contribution in [-0.2, 0) is 0 Å². The van der Waals surface area contributed by atoms with Gasteiger partial charge in [0.15, 0.2) is 5.78 Å². The zero-order chi connectivity index (χ0) is 13.8. The van der Waals surface area contributed by atoms with Gasteiger partial charge in [0.2, 0.25) is 0 Å². The van der Waals surface area contributed by atoms with Crippen molar-refractivity contribution < 1.29 is 4.79 Å². The molecule has 1 aliphatic heterocycles. The van der Waals surface area contributed by atoms with E-state index in [1.165, 1.54) is 17.7 Å². The van der Waals surface area contributed by atoms with E-state index in [1.807, 2.05) is 70.1 Å². The van der Waals surface area contributed by atoms with Crippen molar-refractivity contribution in [2.75, 3.05) is 5.75 Å². The lowest BCUT2D eigenvalue weighted by atomic mass is 9.95. The molecule has 1 atom stereocenters. The molecule has 1 heterocycles. The van der Waals surface area contributed by atoms with E-state index in [9.17, 15) is 4.79 Å². The number of hydrogen-bond donors (Lipinski definition) is 0. The van der Waals surface area contributed by atoms with Gasteiger partial charge in [0.05, 0.1) is 0 Å². The highest BCUT2D eigenvalue weighted by atomic mass is 33.1. The quantitative estimate of drug-likeness (QED) is 0.577. The molecule has 1 fully saturated rings. The molecule has 0 radical (unpaired) electrons. The molecular weight excluding hydrogens is 284 g/mol. The maximum absolute atomic E-state index is 12.7. The van der Waals surface area contributed by atoms with Crippen LogP contribution in [0.4, 0.5) is 0 Å². The van der Waals surface area contributed by atoms with Gasteiger partial charge in [-0.15, -0.1) is 0 Å². The van der Waals surface area contributed by atoms with Gasteiger partial charge < -0.3 is 0 Å². The smallest absolute Gasteiger partial charge is 0.193 e. The topological polar surface area (TPSA) is 17.1 Å². The van der Waals surface area contributed by atoms with Crippen LogP contribution in [0.2, 0.25) is 0 Å². The Hall–Kier alpha value is -1.19. The average Bonchev–Trinajstić information content (AvgIpc) is 2.56. The van der Waals surface area contributed by atoms with E-state index in [2.05, 4.69) is 6.07 Å². The van der Waals surface area contributed by atoms with Crippen molar-refractivity contribution in [1.29, 1.82) is 0 Å². The lowest BCUT2D eigenvalue weighted by molar-refractivity contribution is 0.103. The first-order valence-electron chi connectivity index (χ1n) is 6.83. The summed E-state index contributed by atoms with van der Waals surface area (Å²) in [6, 6.07) is 17.6. The molecule has 0 spiro atoms.